The first-order chi connectivity index (χ1) is 0. The van der Waals surface area contributed by atoms with E-state index < -0.39 is 0 Å². The van der Waals surface area contributed by atoms with Crippen LogP contribution >= 0.6 is 108 Å². The van der Waals surface area contributed by atoms with Crippen LogP contribution in [0.1, 0.15) is 0 Å². The van der Waals surface area contributed by atoms with Gasteiger partial charge in [0.1, 0.15) is 0 Å². The molecule has 0 aliphatic carbocycles. The van der Waals surface area contributed by atoms with Crippen LogP contribution < -0.4 is 0 Å². The van der Waals surface area contributed by atoms with Gasteiger partial charge in [0.05, 0.1) is 0 Å². The average molecular weight is 332 g/mol. The Kier molecular flexibility index (Phi) is 1760. The number of hydrogen-bond acceptors (Lipinski definition) is 0. The summed E-state index contributed by atoms with van der Waals surface area (Å²) in [6, 6.07) is 0. The second-order valence-corrected chi connectivity index (χ2v) is 0. The fourth-order valence-corrected chi connectivity index (χ4v) is 0. The molecule has 1 radical (unpaired) electrons. The van der Waals surface area contributed by atoms with E-state index in [0.717, 1.165) is 0 Å². The van der Waals surface area contributed by atoms with Gasteiger partial charge in [-0.1, -0.05) is 0 Å². The molecule has 0 atom stereocenters. The maximum Gasteiger partial charge on any atom is 0 e. The molecule has 0 aliphatic heterocycles. The van der Waals surface area contributed by atoms with Crippen LogP contribution in [0.2, 0.25) is 0 Å². The molecule has 0 saturated heterocycles. The molecule has 0 heterocycles. The van der Waals surface area contributed by atoms with E-state index in [1.54, 1.807) is 0 Å². The Morgan fingerprint density at radius 3 is 0.222 bits per heavy atom. The van der Waals surface area contributed by atoms with E-state index in [1.807, 2.05) is 0 Å². The van der Waals surface area contributed by atoms with Crippen LogP contribution in [-0.4, -0.2) is 0 Å². The zero-order valence-electron chi connectivity index (χ0n) is 4.33. The number of rotatable bonds is 0. The van der Waals surface area contributed by atoms with E-state index in [-0.39, 0.29) is 125 Å². The van der Waals surface area contributed by atoms with Gasteiger partial charge in [-0.15, -0.1) is 0 Å². The maximum atomic E-state index is 0. The Bertz CT molecular complexity index is 4.53. The summed E-state index contributed by atoms with van der Waals surface area (Å²) in [5.74, 6) is 0. The SMILES string of the molecule is S.S.S.S.S.S.S.S.[Co]. The zero-order chi connectivity index (χ0) is 0. The van der Waals surface area contributed by atoms with Crippen LogP contribution in [0.3, 0.4) is 0 Å². The van der Waals surface area contributed by atoms with Crippen LogP contribution in [0.4, 0.5) is 0 Å². The van der Waals surface area contributed by atoms with Crippen molar-refractivity contribution in [3.8, 4) is 0 Å². The van der Waals surface area contributed by atoms with Gasteiger partial charge in [0, 0.05) is 16.8 Å². The molecule has 0 amide bonds. The molecule has 73 valence electrons. The van der Waals surface area contributed by atoms with Gasteiger partial charge >= 0.3 is 0 Å². The van der Waals surface area contributed by atoms with E-state index in [9.17, 15) is 0 Å². The fourth-order valence-electron chi connectivity index (χ4n) is 0. The molecule has 0 aliphatic rings. The summed E-state index contributed by atoms with van der Waals surface area (Å²) >= 11 is 0. The molecule has 9 heteroatoms. The first-order valence-corrected chi connectivity index (χ1v) is 0. The minimum absolute atomic E-state index is 0. The quantitative estimate of drug-likeness (QED) is 0.619. The molecule has 0 rings (SSSR count). The Labute approximate surface area is 123 Å². The molecule has 0 unspecified atom stereocenters. The maximum absolute atomic E-state index is 0. The second kappa shape index (κ2) is 110. The first kappa shape index (κ1) is 144. The second-order valence-electron chi connectivity index (χ2n) is 0. The largest absolute Gasteiger partial charge is 0.197 e. The average Bonchev–Trinajstić information content (AvgIpc) is 0. The summed E-state index contributed by atoms with van der Waals surface area (Å²) < 4.78 is 0. The van der Waals surface area contributed by atoms with Gasteiger partial charge in [0.25, 0.3) is 0 Å². The van der Waals surface area contributed by atoms with Gasteiger partial charge in [-0.05, 0) is 0 Å². The van der Waals surface area contributed by atoms with E-state index in [4.69, 9.17) is 0 Å². The van der Waals surface area contributed by atoms with Gasteiger partial charge in [0.15, 0.2) is 0 Å². The first-order valence-electron chi connectivity index (χ1n) is 0. The third kappa shape index (κ3) is 89.6. The molecule has 0 nitrogen and oxygen atoms in total. The van der Waals surface area contributed by atoms with Crippen molar-refractivity contribution in [2.24, 2.45) is 0 Å². The third-order valence-electron chi connectivity index (χ3n) is 0. The monoisotopic (exact) mass is 331 g/mol. The van der Waals surface area contributed by atoms with E-state index in [0.29, 0.717) is 0 Å². The van der Waals surface area contributed by atoms with Gasteiger partial charge in [-0.3, -0.25) is 0 Å². The molecule has 0 bridgehead atoms. The summed E-state index contributed by atoms with van der Waals surface area (Å²) in [6.07, 6.45) is 0. The minimum Gasteiger partial charge on any atom is -0.197 e. The molecule has 0 fully saturated rings. The third-order valence-corrected chi connectivity index (χ3v) is 0. The summed E-state index contributed by atoms with van der Waals surface area (Å²) in [5.41, 5.74) is 0. The van der Waals surface area contributed by atoms with Crippen LogP contribution in [-0.2, 0) is 16.8 Å². The Morgan fingerprint density at radius 1 is 0.222 bits per heavy atom. The molecule has 0 saturated carbocycles. The van der Waals surface area contributed by atoms with Gasteiger partial charge < -0.3 is 0 Å². The Morgan fingerprint density at radius 2 is 0.222 bits per heavy atom. The summed E-state index contributed by atoms with van der Waals surface area (Å²) in [5, 5.41) is 0. The van der Waals surface area contributed by atoms with Crippen LogP contribution in [0, 0.1) is 0 Å². The molecule has 0 aromatic rings. The normalized spacial score (nSPS) is 0. The Balaban J connectivity index is 0. The van der Waals surface area contributed by atoms with E-state index >= 15 is 0 Å². The zero-order valence-corrected chi connectivity index (χ0v) is 13.4. The van der Waals surface area contributed by atoms with Crippen molar-refractivity contribution < 1.29 is 16.8 Å². The van der Waals surface area contributed by atoms with Gasteiger partial charge in [-0.25, -0.2) is 0 Å². The molecule has 0 N–H and O–H groups in total. The summed E-state index contributed by atoms with van der Waals surface area (Å²) in [6.45, 7) is 0. The molecule has 0 spiro atoms. The topological polar surface area (TPSA) is 0 Å². The predicted octanol–water partition coefficient (Wildman–Crippen LogP) is 0.900. The van der Waals surface area contributed by atoms with Crippen molar-refractivity contribution in [2.75, 3.05) is 0 Å². The molecule has 0 aromatic carbocycles. The number of hydrogen-bond donors (Lipinski definition) is 0. The molecule has 9 heavy (non-hydrogen) atoms. The van der Waals surface area contributed by atoms with E-state index in [1.165, 1.54) is 0 Å². The predicted molar refractivity (Wildman–Crippen MR) is 83.0 cm³/mol. The van der Waals surface area contributed by atoms with Crippen molar-refractivity contribution in [2.45, 2.75) is 0 Å². The fraction of sp³-hybridized carbons (Fsp3) is 0. The standard InChI is InChI=1S/Co.8H2S/h;8*1H2. The molecule has 0 aromatic heterocycles. The Hall–Kier alpha value is 3.31. The van der Waals surface area contributed by atoms with E-state index in [2.05, 4.69) is 0 Å². The molecular formula is H16CoS8. The molecular weight excluding hydrogens is 315 g/mol. The van der Waals surface area contributed by atoms with Crippen molar-refractivity contribution in [3.05, 3.63) is 0 Å². The van der Waals surface area contributed by atoms with Crippen LogP contribution in [0.5, 0.6) is 0 Å². The van der Waals surface area contributed by atoms with Crippen LogP contribution in [0.25, 0.3) is 0 Å². The summed E-state index contributed by atoms with van der Waals surface area (Å²) in [4.78, 5) is 0. The van der Waals surface area contributed by atoms with Crippen LogP contribution in [0.15, 0.2) is 0 Å². The summed E-state index contributed by atoms with van der Waals surface area (Å²) in [7, 11) is 0. The minimum atomic E-state index is 0. The van der Waals surface area contributed by atoms with Gasteiger partial charge in [0.2, 0.25) is 0 Å². The van der Waals surface area contributed by atoms with Crippen molar-refractivity contribution >= 4 is 108 Å². The van der Waals surface area contributed by atoms with Gasteiger partial charge in [-0.2, -0.15) is 108 Å². The van der Waals surface area contributed by atoms with Crippen molar-refractivity contribution in [3.63, 3.8) is 0 Å². The smallest absolute Gasteiger partial charge is 0 e. The van der Waals surface area contributed by atoms with Crippen molar-refractivity contribution in [1.29, 1.82) is 0 Å². The van der Waals surface area contributed by atoms with Crippen molar-refractivity contribution in [1.82, 2.24) is 0 Å².